The van der Waals surface area contributed by atoms with Crippen molar-refractivity contribution in [1.29, 1.82) is 0 Å². The Morgan fingerprint density at radius 3 is 2.42 bits per heavy atom. The first-order valence-electron chi connectivity index (χ1n) is 9.33. The summed E-state index contributed by atoms with van der Waals surface area (Å²) in [7, 11) is 3.12. The molecule has 0 aliphatic carbocycles. The van der Waals surface area contributed by atoms with Crippen molar-refractivity contribution in [3.05, 3.63) is 66.7 Å². The molecule has 0 N–H and O–H groups in total. The average molecular weight is 417 g/mol. The first-order valence-corrected chi connectivity index (χ1v) is 9.33. The number of fused-ring (bicyclic) bond motifs is 1. The molecule has 5 aromatic rings. The van der Waals surface area contributed by atoms with Crippen LogP contribution in [0.25, 0.3) is 40.1 Å². The van der Waals surface area contributed by atoms with E-state index in [1.807, 2.05) is 0 Å². The Morgan fingerprint density at radius 1 is 0.903 bits per heavy atom. The van der Waals surface area contributed by atoms with Gasteiger partial charge in [0.05, 0.1) is 14.2 Å². The lowest BCUT2D eigenvalue weighted by molar-refractivity contribution is 0.355. The van der Waals surface area contributed by atoms with E-state index in [-0.39, 0.29) is 11.7 Å². The van der Waals surface area contributed by atoms with E-state index < -0.39 is 0 Å². The lowest BCUT2D eigenvalue weighted by atomic mass is 10.1. The van der Waals surface area contributed by atoms with E-state index >= 15 is 0 Å². The van der Waals surface area contributed by atoms with Crippen LogP contribution >= 0.6 is 0 Å². The minimum absolute atomic E-state index is 0.254. The third-order valence-corrected chi connectivity index (χ3v) is 4.78. The van der Waals surface area contributed by atoms with Gasteiger partial charge in [-0.2, -0.15) is 0 Å². The SMILES string of the molecule is COc1ccc(-c2nnc(-c3c(-c4ccc(F)cc4)nc4ncccn34)o2)cc1OC. The molecule has 0 fully saturated rings. The van der Waals surface area contributed by atoms with Gasteiger partial charge in [0.2, 0.25) is 11.7 Å². The smallest absolute Gasteiger partial charge is 0.267 e. The second kappa shape index (κ2) is 7.52. The highest BCUT2D eigenvalue weighted by Crippen LogP contribution is 2.35. The fourth-order valence-corrected chi connectivity index (χ4v) is 3.31. The summed E-state index contributed by atoms with van der Waals surface area (Å²) in [4.78, 5) is 8.88. The molecule has 0 atom stereocenters. The van der Waals surface area contributed by atoms with Crippen molar-refractivity contribution in [2.24, 2.45) is 0 Å². The zero-order valence-electron chi connectivity index (χ0n) is 16.6. The fraction of sp³-hybridized carbons (Fsp3) is 0.0909. The van der Waals surface area contributed by atoms with E-state index in [4.69, 9.17) is 13.9 Å². The number of ether oxygens (including phenoxy) is 2. The monoisotopic (exact) mass is 417 g/mol. The molecule has 0 saturated heterocycles. The van der Waals surface area contributed by atoms with Crippen molar-refractivity contribution in [3.63, 3.8) is 0 Å². The first-order chi connectivity index (χ1) is 15.2. The van der Waals surface area contributed by atoms with Crippen molar-refractivity contribution in [1.82, 2.24) is 24.6 Å². The van der Waals surface area contributed by atoms with Gasteiger partial charge in [-0.1, -0.05) is 0 Å². The third-order valence-electron chi connectivity index (χ3n) is 4.78. The number of hydrogen-bond donors (Lipinski definition) is 0. The molecule has 5 rings (SSSR count). The molecule has 3 heterocycles. The van der Waals surface area contributed by atoms with Crippen LogP contribution in [0.15, 0.2) is 65.3 Å². The van der Waals surface area contributed by atoms with Crippen LogP contribution in [0.2, 0.25) is 0 Å². The Labute approximate surface area is 175 Å². The Bertz CT molecular complexity index is 1380. The number of imidazole rings is 1. The maximum Gasteiger partial charge on any atom is 0.267 e. The number of nitrogens with zero attached hydrogens (tertiary/aromatic N) is 5. The first kappa shape index (κ1) is 18.7. The summed E-state index contributed by atoms with van der Waals surface area (Å²) in [6, 6.07) is 13.1. The van der Waals surface area contributed by atoms with Gasteiger partial charge in [-0.15, -0.1) is 10.2 Å². The van der Waals surface area contributed by atoms with Crippen molar-refractivity contribution >= 4 is 5.78 Å². The van der Waals surface area contributed by atoms with Gasteiger partial charge in [0.1, 0.15) is 17.2 Å². The predicted molar refractivity (Wildman–Crippen MR) is 110 cm³/mol. The van der Waals surface area contributed by atoms with Crippen molar-refractivity contribution < 1.29 is 18.3 Å². The van der Waals surface area contributed by atoms with E-state index in [9.17, 15) is 4.39 Å². The second-order valence-corrected chi connectivity index (χ2v) is 6.59. The number of halogens is 1. The molecule has 2 aromatic carbocycles. The molecule has 8 nitrogen and oxygen atoms in total. The van der Waals surface area contributed by atoms with Crippen LogP contribution in [-0.2, 0) is 0 Å². The Hall–Kier alpha value is -4.27. The molecule has 154 valence electrons. The van der Waals surface area contributed by atoms with E-state index in [1.54, 1.807) is 67.4 Å². The maximum atomic E-state index is 13.4. The molecule has 0 bridgehead atoms. The summed E-state index contributed by atoms with van der Waals surface area (Å²) in [5, 5.41) is 8.43. The van der Waals surface area contributed by atoms with Crippen molar-refractivity contribution in [2.45, 2.75) is 0 Å². The molecule has 0 unspecified atom stereocenters. The topological polar surface area (TPSA) is 87.6 Å². The molecule has 0 aliphatic heterocycles. The standard InChI is InChI=1S/C22H16FN5O3/c1-29-16-9-6-14(12-17(16)30-2)20-26-27-21(31-20)19-18(13-4-7-15(23)8-5-13)25-22-24-10-3-11-28(19)22/h3-12H,1-2H3. The Morgan fingerprint density at radius 2 is 1.65 bits per heavy atom. The van der Waals surface area contributed by atoms with Gasteiger partial charge in [-0.25, -0.2) is 14.4 Å². The van der Waals surface area contributed by atoms with Gasteiger partial charge in [-0.05, 0) is 48.5 Å². The summed E-state index contributed by atoms with van der Waals surface area (Å²) < 4.78 is 31.8. The van der Waals surface area contributed by atoms with Gasteiger partial charge in [0.25, 0.3) is 5.89 Å². The zero-order chi connectivity index (χ0) is 21.4. The summed E-state index contributed by atoms with van der Waals surface area (Å²) >= 11 is 0. The minimum atomic E-state index is -0.333. The molecule has 3 aromatic heterocycles. The molecule has 0 amide bonds. The van der Waals surface area contributed by atoms with Crippen LogP contribution < -0.4 is 9.47 Å². The lowest BCUT2D eigenvalue weighted by Gasteiger charge is -2.07. The van der Waals surface area contributed by atoms with E-state index in [0.29, 0.717) is 45.7 Å². The summed E-state index contributed by atoms with van der Waals surface area (Å²) in [6.45, 7) is 0. The minimum Gasteiger partial charge on any atom is -0.493 e. The highest BCUT2D eigenvalue weighted by Gasteiger charge is 2.22. The van der Waals surface area contributed by atoms with Crippen molar-refractivity contribution in [3.8, 4) is 45.8 Å². The highest BCUT2D eigenvalue weighted by atomic mass is 19.1. The van der Waals surface area contributed by atoms with E-state index in [0.717, 1.165) is 0 Å². The third kappa shape index (κ3) is 3.25. The van der Waals surface area contributed by atoms with Gasteiger partial charge >= 0.3 is 0 Å². The van der Waals surface area contributed by atoms with E-state index in [1.165, 1.54) is 12.1 Å². The quantitative estimate of drug-likeness (QED) is 0.422. The Balaban J connectivity index is 1.65. The summed E-state index contributed by atoms with van der Waals surface area (Å²) in [5.74, 6) is 1.83. The molecule has 0 aliphatic rings. The fourth-order valence-electron chi connectivity index (χ4n) is 3.31. The van der Waals surface area contributed by atoms with Crippen LogP contribution in [0.3, 0.4) is 0 Å². The number of hydrogen-bond acceptors (Lipinski definition) is 7. The van der Waals surface area contributed by atoms with Crippen LogP contribution in [0, 0.1) is 5.82 Å². The number of rotatable bonds is 5. The molecule has 31 heavy (non-hydrogen) atoms. The van der Waals surface area contributed by atoms with Gasteiger partial charge in [-0.3, -0.25) is 4.40 Å². The summed E-state index contributed by atoms with van der Waals surface area (Å²) in [5.41, 5.74) is 2.49. The maximum absolute atomic E-state index is 13.4. The number of aromatic nitrogens is 5. The number of methoxy groups -OCH3 is 2. The number of benzene rings is 2. The van der Waals surface area contributed by atoms with Gasteiger partial charge in [0.15, 0.2) is 11.5 Å². The molecule has 0 spiro atoms. The second-order valence-electron chi connectivity index (χ2n) is 6.59. The predicted octanol–water partition coefficient (Wildman–Crippen LogP) is 4.27. The van der Waals surface area contributed by atoms with E-state index in [2.05, 4.69) is 20.2 Å². The Kier molecular flexibility index (Phi) is 4.55. The van der Waals surface area contributed by atoms with Crippen LogP contribution in [0.4, 0.5) is 4.39 Å². The largest absolute Gasteiger partial charge is 0.493 e. The van der Waals surface area contributed by atoms with Crippen LogP contribution in [-0.4, -0.2) is 38.8 Å². The zero-order valence-corrected chi connectivity index (χ0v) is 16.6. The van der Waals surface area contributed by atoms with Crippen LogP contribution in [0.5, 0.6) is 11.5 Å². The van der Waals surface area contributed by atoms with Crippen molar-refractivity contribution in [2.75, 3.05) is 14.2 Å². The molecular formula is C22H16FN5O3. The molecular weight excluding hydrogens is 401 g/mol. The van der Waals surface area contributed by atoms with Gasteiger partial charge in [0, 0.05) is 23.5 Å². The van der Waals surface area contributed by atoms with Gasteiger partial charge < -0.3 is 13.9 Å². The van der Waals surface area contributed by atoms with Crippen LogP contribution in [0.1, 0.15) is 0 Å². The molecule has 0 saturated carbocycles. The highest BCUT2D eigenvalue weighted by molar-refractivity contribution is 5.78. The molecule has 9 heteroatoms. The summed E-state index contributed by atoms with van der Waals surface area (Å²) in [6.07, 6.45) is 3.45. The normalized spacial score (nSPS) is 11.1. The molecule has 0 radical (unpaired) electrons. The lowest BCUT2D eigenvalue weighted by Crippen LogP contribution is -1.91. The average Bonchev–Trinajstić information content (AvgIpc) is 3.44.